The highest BCUT2D eigenvalue weighted by atomic mass is 16.1. The molecule has 4 nitrogen and oxygen atoms in total. The van der Waals surface area contributed by atoms with E-state index in [1.807, 2.05) is 24.3 Å². The highest BCUT2D eigenvalue weighted by Gasteiger charge is 2.35. The van der Waals surface area contributed by atoms with Gasteiger partial charge in [-0.1, -0.05) is 60.9 Å². The molecule has 0 amide bonds. The van der Waals surface area contributed by atoms with Gasteiger partial charge >= 0.3 is 0 Å². The Morgan fingerprint density at radius 1 is 0.929 bits per heavy atom. The molecule has 0 unspecified atom stereocenters. The zero-order valence-electron chi connectivity index (χ0n) is 16.5. The lowest BCUT2D eigenvalue weighted by Crippen LogP contribution is -2.40. The van der Waals surface area contributed by atoms with Gasteiger partial charge in [-0.05, 0) is 38.7 Å². The van der Waals surface area contributed by atoms with Gasteiger partial charge in [-0.25, -0.2) is 4.68 Å². The molecule has 28 heavy (non-hydrogen) atoms. The van der Waals surface area contributed by atoms with Gasteiger partial charge in [-0.2, -0.15) is 5.10 Å². The van der Waals surface area contributed by atoms with Gasteiger partial charge in [0, 0.05) is 23.0 Å². The van der Waals surface area contributed by atoms with Crippen LogP contribution in [0.15, 0.2) is 53.3 Å². The number of hydrogen-bond acceptors (Lipinski definition) is 3. The molecule has 2 aliphatic carbocycles. The van der Waals surface area contributed by atoms with Crippen molar-refractivity contribution < 1.29 is 0 Å². The van der Waals surface area contributed by atoms with Crippen molar-refractivity contribution in [3.05, 3.63) is 64.4 Å². The fourth-order valence-electron chi connectivity index (χ4n) is 4.58. The van der Waals surface area contributed by atoms with Gasteiger partial charge in [0.05, 0.1) is 17.7 Å². The largest absolute Gasteiger partial charge is 0.278 e. The summed E-state index contributed by atoms with van der Waals surface area (Å²) in [6.45, 7) is 2.70. The lowest BCUT2D eigenvalue weighted by atomic mass is 10.0. The summed E-state index contributed by atoms with van der Waals surface area (Å²) >= 11 is 0. The summed E-state index contributed by atoms with van der Waals surface area (Å²) < 4.78 is 1.72. The molecule has 0 atom stereocenters. The summed E-state index contributed by atoms with van der Waals surface area (Å²) in [5.74, 6) is 0. The monoisotopic (exact) mass is 373 g/mol. The first-order valence-electron chi connectivity index (χ1n) is 10.5. The molecule has 0 saturated heterocycles. The number of hydrogen-bond donors (Lipinski definition) is 0. The van der Waals surface area contributed by atoms with Crippen LogP contribution in [-0.2, 0) is 6.67 Å². The Hall–Kier alpha value is -2.46. The number of nitrogens with zero attached hydrogens (tertiary/aromatic N) is 3. The first-order chi connectivity index (χ1) is 13.7. The smallest absolute Gasteiger partial charge is 0.275 e. The molecule has 0 N–H and O–H groups in total. The Labute approximate surface area is 165 Å². The van der Waals surface area contributed by atoms with Gasteiger partial charge in [0.25, 0.3) is 5.56 Å². The summed E-state index contributed by atoms with van der Waals surface area (Å²) in [5, 5.41) is 6.58. The van der Waals surface area contributed by atoms with Crippen molar-refractivity contribution in [1.29, 1.82) is 0 Å². The molecule has 0 bridgehead atoms. The Morgan fingerprint density at radius 3 is 2.25 bits per heavy atom. The quantitative estimate of drug-likeness (QED) is 0.648. The van der Waals surface area contributed by atoms with Crippen LogP contribution in [0, 0.1) is 6.92 Å². The van der Waals surface area contributed by atoms with Gasteiger partial charge < -0.3 is 0 Å². The van der Waals surface area contributed by atoms with Crippen molar-refractivity contribution in [1.82, 2.24) is 14.7 Å². The first-order valence-corrected chi connectivity index (χ1v) is 10.5. The van der Waals surface area contributed by atoms with Crippen molar-refractivity contribution in [2.45, 2.75) is 64.2 Å². The fraction of sp³-hybridized carbons (Fsp3) is 0.417. The van der Waals surface area contributed by atoms with E-state index >= 15 is 0 Å². The van der Waals surface area contributed by atoms with Gasteiger partial charge in [0.15, 0.2) is 0 Å². The van der Waals surface area contributed by atoms with E-state index in [-0.39, 0.29) is 5.56 Å². The van der Waals surface area contributed by atoms with E-state index in [4.69, 9.17) is 5.10 Å². The highest BCUT2D eigenvalue weighted by Crippen LogP contribution is 2.35. The maximum atomic E-state index is 13.2. The van der Waals surface area contributed by atoms with E-state index < -0.39 is 0 Å². The Morgan fingerprint density at radius 2 is 1.57 bits per heavy atom. The minimum atomic E-state index is 0.0232. The van der Waals surface area contributed by atoms with Crippen LogP contribution in [0.4, 0.5) is 0 Å². The van der Waals surface area contributed by atoms with Crippen molar-refractivity contribution >= 4 is 10.8 Å². The Balaban J connectivity index is 1.61. The second kappa shape index (κ2) is 7.17. The zero-order valence-corrected chi connectivity index (χ0v) is 16.5. The fourth-order valence-corrected chi connectivity index (χ4v) is 4.58. The van der Waals surface area contributed by atoms with Gasteiger partial charge in [0.2, 0.25) is 0 Å². The van der Waals surface area contributed by atoms with Crippen LogP contribution in [0.1, 0.15) is 44.1 Å². The van der Waals surface area contributed by atoms with Crippen LogP contribution in [0.25, 0.3) is 22.0 Å². The van der Waals surface area contributed by atoms with Crippen LogP contribution in [0.5, 0.6) is 0 Å². The standard InChI is InChI=1S/C24H27N3O/c1-17-10-12-18(13-11-17)23-21-8-4-5-9-22(21)24(28)27(25-23)16-26(20-14-15-20)19-6-2-3-7-19/h4-5,8-13,19-20H,2-3,6-7,14-16H2,1H3. The molecular formula is C24H27N3O. The van der Waals surface area contributed by atoms with Crippen LogP contribution in [0.3, 0.4) is 0 Å². The molecule has 3 aromatic rings. The molecule has 144 valence electrons. The maximum Gasteiger partial charge on any atom is 0.275 e. The molecule has 1 aromatic heterocycles. The SMILES string of the molecule is Cc1ccc(-c2nn(CN(C3CCCC3)C3CC3)c(=O)c3ccccc23)cc1. The summed E-state index contributed by atoms with van der Waals surface area (Å²) in [5.41, 5.74) is 3.21. The topological polar surface area (TPSA) is 38.1 Å². The van der Waals surface area contributed by atoms with E-state index in [1.54, 1.807) is 4.68 Å². The molecule has 2 saturated carbocycles. The second-order valence-corrected chi connectivity index (χ2v) is 8.39. The van der Waals surface area contributed by atoms with Crippen molar-refractivity contribution in [3.8, 4) is 11.3 Å². The molecular weight excluding hydrogens is 346 g/mol. The molecule has 2 aromatic carbocycles. The number of benzene rings is 2. The minimum Gasteiger partial charge on any atom is -0.278 e. The maximum absolute atomic E-state index is 13.2. The average molecular weight is 374 g/mol. The number of rotatable bonds is 5. The lowest BCUT2D eigenvalue weighted by Gasteiger charge is -2.29. The third-order valence-electron chi connectivity index (χ3n) is 6.30. The Kier molecular flexibility index (Phi) is 4.52. The lowest BCUT2D eigenvalue weighted by molar-refractivity contribution is 0.132. The number of aromatic nitrogens is 2. The first kappa shape index (κ1) is 17.6. The normalized spacial score (nSPS) is 17.6. The molecule has 5 rings (SSSR count). The van der Waals surface area contributed by atoms with Crippen LogP contribution >= 0.6 is 0 Å². The van der Waals surface area contributed by atoms with E-state index in [0.717, 1.165) is 22.0 Å². The van der Waals surface area contributed by atoms with Gasteiger partial charge in [-0.15, -0.1) is 0 Å². The second-order valence-electron chi connectivity index (χ2n) is 8.39. The minimum absolute atomic E-state index is 0.0232. The molecule has 2 fully saturated rings. The van der Waals surface area contributed by atoms with Crippen molar-refractivity contribution in [2.75, 3.05) is 0 Å². The van der Waals surface area contributed by atoms with Crippen molar-refractivity contribution in [3.63, 3.8) is 0 Å². The molecule has 2 aliphatic rings. The van der Waals surface area contributed by atoms with E-state index in [2.05, 4.69) is 36.1 Å². The summed E-state index contributed by atoms with van der Waals surface area (Å²) in [6, 6.07) is 17.5. The van der Waals surface area contributed by atoms with E-state index in [0.29, 0.717) is 18.8 Å². The van der Waals surface area contributed by atoms with E-state index in [1.165, 1.54) is 44.1 Å². The predicted molar refractivity (Wildman–Crippen MR) is 113 cm³/mol. The molecule has 1 heterocycles. The molecule has 4 heteroatoms. The number of aryl methyl sites for hydroxylation is 1. The summed E-state index contributed by atoms with van der Waals surface area (Å²) in [4.78, 5) is 15.8. The van der Waals surface area contributed by atoms with Gasteiger partial charge in [-0.3, -0.25) is 9.69 Å². The van der Waals surface area contributed by atoms with Crippen LogP contribution in [0.2, 0.25) is 0 Å². The third kappa shape index (κ3) is 3.26. The molecule has 0 spiro atoms. The van der Waals surface area contributed by atoms with Crippen LogP contribution < -0.4 is 5.56 Å². The van der Waals surface area contributed by atoms with Gasteiger partial charge in [0.1, 0.15) is 0 Å². The molecule has 0 aliphatic heterocycles. The summed E-state index contributed by atoms with van der Waals surface area (Å²) in [7, 11) is 0. The van der Waals surface area contributed by atoms with Crippen molar-refractivity contribution in [2.24, 2.45) is 0 Å². The van der Waals surface area contributed by atoms with Crippen LogP contribution in [-0.4, -0.2) is 26.8 Å². The third-order valence-corrected chi connectivity index (χ3v) is 6.30. The Bertz CT molecular complexity index is 1040. The number of fused-ring (bicyclic) bond motifs is 1. The summed E-state index contributed by atoms with van der Waals surface area (Å²) in [6.07, 6.45) is 7.63. The van der Waals surface area contributed by atoms with E-state index in [9.17, 15) is 4.79 Å². The predicted octanol–water partition coefficient (Wildman–Crippen LogP) is 4.74. The molecule has 0 radical (unpaired) electrons. The average Bonchev–Trinajstić information content (AvgIpc) is 3.42. The zero-order chi connectivity index (χ0) is 19.1. The highest BCUT2D eigenvalue weighted by molar-refractivity contribution is 5.93.